The molecule has 5 nitrogen and oxygen atoms in total. The molecule has 6 heteroatoms. The number of amides is 1. The Hall–Kier alpha value is -2.11. The number of benzene rings is 1. The van der Waals surface area contributed by atoms with E-state index in [-0.39, 0.29) is 24.9 Å². The summed E-state index contributed by atoms with van der Waals surface area (Å²) < 4.78 is 19.6. The normalized spacial score (nSPS) is 19.6. The van der Waals surface area contributed by atoms with Crippen LogP contribution in [0.1, 0.15) is 71.8 Å². The van der Waals surface area contributed by atoms with Gasteiger partial charge in [0, 0.05) is 11.7 Å². The molecule has 0 spiro atoms. The summed E-state index contributed by atoms with van der Waals surface area (Å²) in [5.41, 5.74) is 0.955. The third-order valence-corrected chi connectivity index (χ3v) is 5.89. The monoisotopic (exact) mass is 403 g/mol. The molecule has 2 aliphatic rings. The molecule has 3 rings (SSSR count). The van der Waals surface area contributed by atoms with Gasteiger partial charge in [0.1, 0.15) is 17.3 Å². The molecule has 0 saturated heterocycles. The summed E-state index contributed by atoms with van der Waals surface area (Å²) in [4.78, 5) is 16.3. The molecule has 1 atom stereocenters. The average Bonchev–Trinajstić information content (AvgIpc) is 2.79. The van der Waals surface area contributed by atoms with E-state index in [2.05, 4.69) is 11.8 Å². The fourth-order valence-electron chi connectivity index (χ4n) is 4.66. The molecule has 1 aromatic rings. The van der Waals surface area contributed by atoms with E-state index in [9.17, 15) is 9.18 Å². The molecule has 1 aromatic carbocycles. The van der Waals surface area contributed by atoms with E-state index in [0.717, 1.165) is 30.5 Å². The van der Waals surface area contributed by atoms with Crippen LogP contribution in [0.15, 0.2) is 18.2 Å². The van der Waals surface area contributed by atoms with Crippen LogP contribution in [0.2, 0.25) is 0 Å². The van der Waals surface area contributed by atoms with Gasteiger partial charge in [-0.05, 0) is 69.7 Å². The molecule has 1 amide bonds. The van der Waals surface area contributed by atoms with Gasteiger partial charge in [0.15, 0.2) is 0 Å². The van der Waals surface area contributed by atoms with E-state index in [1.54, 1.807) is 6.07 Å². The lowest BCUT2D eigenvalue weighted by molar-refractivity contribution is 0.0265. The Bertz CT molecular complexity index is 753. The van der Waals surface area contributed by atoms with Crippen molar-refractivity contribution in [3.8, 4) is 0 Å². The van der Waals surface area contributed by atoms with E-state index in [1.807, 2.05) is 20.8 Å². The van der Waals surface area contributed by atoms with Crippen molar-refractivity contribution in [3.63, 3.8) is 0 Å². The molecule has 1 aliphatic heterocycles. The molecule has 29 heavy (non-hydrogen) atoms. The minimum atomic E-state index is -0.621. The zero-order chi connectivity index (χ0) is 21.2. The first-order valence-corrected chi connectivity index (χ1v) is 10.8. The van der Waals surface area contributed by atoms with Gasteiger partial charge < -0.3 is 9.64 Å². The fraction of sp³-hybridized carbons (Fsp3) is 0.652. The van der Waals surface area contributed by atoms with Crippen molar-refractivity contribution in [2.75, 3.05) is 11.4 Å². The molecule has 160 valence electrons. The van der Waals surface area contributed by atoms with Crippen LogP contribution in [0.4, 0.5) is 14.9 Å². The highest BCUT2D eigenvalue weighted by molar-refractivity contribution is 6.00. The number of halogens is 1. The number of carbonyl (C=O) groups is 1. The molecular weight excluding hydrogens is 369 g/mol. The summed E-state index contributed by atoms with van der Waals surface area (Å²) in [6.07, 6.45) is 6.49. The van der Waals surface area contributed by atoms with Crippen LogP contribution in [0, 0.1) is 17.1 Å². The predicted molar refractivity (Wildman–Crippen MR) is 114 cm³/mol. The van der Waals surface area contributed by atoms with Gasteiger partial charge in [-0.1, -0.05) is 26.2 Å². The van der Waals surface area contributed by atoms with Gasteiger partial charge in [0.25, 0.3) is 0 Å². The Balaban J connectivity index is 1.96. The van der Waals surface area contributed by atoms with Crippen LogP contribution in [0.25, 0.3) is 0 Å². The first kappa shape index (κ1) is 21.6. The summed E-state index contributed by atoms with van der Waals surface area (Å²) in [6.45, 7) is 8.03. The molecule has 0 radical (unpaired) electrons. The second-order valence-corrected chi connectivity index (χ2v) is 9.30. The lowest BCUT2D eigenvalue weighted by atomic mass is 9.82. The molecular formula is C23H34FN3O2. The average molecular weight is 404 g/mol. The summed E-state index contributed by atoms with van der Waals surface area (Å²) in [5.74, 6) is 0.561. The highest BCUT2D eigenvalue weighted by Crippen LogP contribution is 2.36. The highest BCUT2D eigenvalue weighted by atomic mass is 19.1. The minimum Gasteiger partial charge on any atom is -0.444 e. The largest absolute Gasteiger partial charge is 0.444 e. The van der Waals surface area contributed by atoms with Gasteiger partial charge in [0.2, 0.25) is 0 Å². The van der Waals surface area contributed by atoms with Gasteiger partial charge >= 0.3 is 6.09 Å². The fourth-order valence-corrected chi connectivity index (χ4v) is 4.66. The quantitative estimate of drug-likeness (QED) is 0.702. The van der Waals surface area contributed by atoms with Crippen LogP contribution in [-0.4, -0.2) is 35.0 Å². The van der Waals surface area contributed by atoms with Crippen LogP contribution in [0.5, 0.6) is 0 Å². The van der Waals surface area contributed by atoms with Crippen LogP contribution in [-0.2, 0) is 11.3 Å². The topological polar surface area (TPSA) is 56.6 Å². The number of fused-ring (bicyclic) bond motifs is 1. The van der Waals surface area contributed by atoms with E-state index in [4.69, 9.17) is 10.1 Å². The summed E-state index contributed by atoms with van der Waals surface area (Å²) in [7, 11) is 0. The zero-order valence-corrected chi connectivity index (χ0v) is 18.1. The van der Waals surface area contributed by atoms with Crippen LogP contribution < -0.4 is 4.90 Å². The third kappa shape index (κ3) is 5.09. The maximum absolute atomic E-state index is 14.1. The molecule has 0 aromatic heterocycles. The first-order valence-electron chi connectivity index (χ1n) is 10.8. The van der Waals surface area contributed by atoms with Crippen molar-refractivity contribution < 1.29 is 13.9 Å². The maximum Gasteiger partial charge on any atom is 0.410 e. The van der Waals surface area contributed by atoms with Gasteiger partial charge in [-0.3, -0.25) is 10.3 Å². The second-order valence-electron chi connectivity index (χ2n) is 9.30. The van der Waals surface area contributed by atoms with E-state index in [1.165, 1.54) is 36.3 Å². The number of nitrogens with one attached hydrogen (secondary N) is 1. The molecule has 1 heterocycles. The molecule has 1 unspecified atom stereocenters. The number of hydrogen-bond donors (Lipinski definition) is 1. The van der Waals surface area contributed by atoms with Gasteiger partial charge in [-0.25, -0.2) is 9.18 Å². The van der Waals surface area contributed by atoms with Gasteiger partial charge in [-0.2, -0.15) is 0 Å². The molecule has 1 N–H and O–H groups in total. The summed E-state index contributed by atoms with van der Waals surface area (Å²) >= 11 is 0. The lowest BCUT2D eigenvalue weighted by Gasteiger charge is -2.40. The SMILES string of the molecule is CCC(C1CCCCC1)N1C(=N)CN(C(=O)OC(C)(C)C)Cc2cc(F)ccc21. The predicted octanol–water partition coefficient (Wildman–Crippen LogP) is 5.72. The number of amidine groups is 1. The zero-order valence-electron chi connectivity index (χ0n) is 18.1. The van der Waals surface area contributed by atoms with Crippen LogP contribution in [0.3, 0.4) is 0 Å². The number of rotatable bonds is 3. The smallest absolute Gasteiger partial charge is 0.410 e. The molecule has 1 fully saturated rings. The van der Waals surface area contributed by atoms with Crippen molar-refractivity contribution in [1.29, 1.82) is 5.41 Å². The van der Waals surface area contributed by atoms with Gasteiger partial charge in [-0.15, -0.1) is 0 Å². The Kier molecular flexibility index (Phi) is 6.49. The number of ether oxygens (including phenoxy) is 1. The van der Waals surface area contributed by atoms with Crippen molar-refractivity contribution in [1.82, 2.24) is 4.90 Å². The molecule has 1 saturated carbocycles. The van der Waals surface area contributed by atoms with Crippen molar-refractivity contribution in [3.05, 3.63) is 29.6 Å². The highest BCUT2D eigenvalue weighted by Gasteiger charge is 2.35. The minimum absolute atomic E-state index is 0.161. The van der Waals surface area contributed by atoms with Crippen molar-refractivity contribution in [2.24, 2.45) is 5.92 Å². The van der Waals surface area contributed by atoms with Crippen molar-refractivity contribution >= 4 is 17.6 Å². The number of hydrogen-bond acceptors (Lipinski definition) is 3. The summed E-state index contributed by atoms with van der Waals surface area (Å²) in [5, 5.41) is 8.86. The van der Waals surface area contributed by atoms with Crippen LogP contribution >= 0.6 is 0 Å². The lowest BCUT2D eigenvalue weighted by Crippen LogP contribution is -2.48. The standard InChI is InChI=1S/C23H34FN3O2/c1-5-19(16-9-7-6-8-10-16)27-20-12-11-18(24)13-17(20)14-26(15-21(27)25)22(28)29-23(2,3)4/h11-13,16,19,25H,5-10,14-15H2,1-4H3. The van der Waals surface area contributed by atoms with Crippen molar-refractivity contribution in [2.45, 2.75) is 84.4 Å². The van der Waals surface area contributed by atoms with E-state index >= 15 is 0 Å². The number of anilines is 1. The Morgan fingerprint density at radius 1 is 1.24 bits per heavy atom. The van der Waals surface area contributed by atoms with E-state index < -0.39 is 11.7 Å². The molecule has 0 bridgehead atoms. The number of nitrogens with zero attached hydrogens (tertiary/aromatic N) is 2. The Labute approximate surface area is 173 Å². The third-order valence-electron chi connectivity index (χ3n) is 5.89. The van der Waals surface area contributed by atoms with E-state index in [0.29, 0.717) is 11.8 Å². The first-order chi connectivity index (χ1) is 13.7. The Morgan fingerprint density at radius 3 is 2.55 bits per heavy atom. The maximum atomic E-state index is 14.1. The number of carbonyl (C=O) groups excluding carboxylic acids is 1. The second kappa shape index (κ2) is 8.72. The van der Waals surface area contributed by atoms with Gasteiger partial charge in [0.05, 0.1) is 13.1 Å². The molecule has 1 aliphatic carbocycles. The Morgan fingerprint density at radius 2 is 1.93 bits per heavy atom. The summed E-state index contributed by atoms with van der Waals surface area (Å²) in [6, 6.07) is 4.90.